The molecule has 0 saturated heterocycles. The molecular weight excluding hydrogens is 368 g/mol. The van der Waals surface area contributed by atoms with Crippen LogP contribution in [-0.2, 0) is 16.6 Å². The van der Waals surface area contributed by atoms with E-state index in [1.54, 1.807) is 12.1 Å². The van der Waals surface area contributed by atoms with Gasteiger partial charge in [0.05, 0.1) is 5.69 Å². The Labute approximate surface area is 169 Å². The largest absolute Gasteiger partial charge is 0.427 e. The molecule has 1 aromatic heterocycles. The zero-order valence-electron chi connectivity index (χ0n) is 16.9. The van der Waals surface area contributed by atoms with Crippen LogP contribution >= 0.6 is 0 Å². The van der Waals surface area contributed by atoms with Gasteiger partial charge in [-0.25, -0.2) is 4.68 Å². The SMILES string of the molecule is CC(=O)Oc1ccc2c(c1)C(=O)CC1C2CC[C@]2(C)c3nn(C(C)=O)cc3CC12. The molecule has 4 atom stereocenters. The average Bonchev–Trinajstić information content (AvgIpc) is 3.20. The number of Topliss-reactive ketones (excluding diaryl/α,β-unsaturated/α-hetero) is 1. The molecule has 1 saturated carbocycles. The lowest BCUT2D eigenvalue weighted by atomic mass is 9.55. The molecule has 6 heteroatoms. The van der Waals surface area contributed by atoms with Gasteiger partial charge in [-0.05, 0) is 60.3 Å². The van der Waals surface area contributed by atoms with E-state index in [9.17, 15) is 14.4 Å². The lowest BCUT2D eigenvalue weighted by Gasteiger charge is -2.48. The summed E-state index contributed by atoms with van der Waals surface area (Å²) in [4.78, 5) is 36.0. The predicted octanol–water partition coefficient (Wildman–Crippen LogP) is 3.68. The van der Waals surface area contributed by atoms with E-state index in [0.717, 1.165) is 36.1 Å². The molecule has 3 aliphatic rings. The van der Waals surface area contributed by atoms with Gasteiger partial charge in [-0.3, -0.25) is 14.4 Å². The minimum Gasteiger partial charge on any atom is -0.427 e. The van der Waals surface area contributed by atoms with Crippen molar-refractivity contribution in [2.45, 2.75) is 57.8 Å². The number of carbonyl (C=O) groups excluding carboxylic acids is 3. The Kier molecular flexibility index (Phi) is 3.86. The number of nitrogens with zero attached hydrogens (tertiary/aromatic N) is 2. The predicted molar refractivity (Wildman–Crippen MR) is 105 cm³/mol. The molecule has 0 radical (unpaired) electrons. The van der Waals surface area contributed by atoms with Crippen LogP contribution in [0.1, 0.15) is 77.9 Å². The highest BCUT2D eigenvalue weighted by atomic mass is 16.5. The maximum atomic E-state index is 13.0. The number of esters is 1. The molecule has 0 N–H and O–H groups in total. The maximum Gasteiger partial charge on any atom is 0.308 e. The minimum absolute atomic E-state index is 0.0707. The summed E-state index contributed by atoms with van der Waals surface area (Å²) in [6.45, 7) is 5.14. The number of hydrogen-bond acceptors (Lipinski definition) is 5. The van der Waals surface area contributed by atoms with Crippen LogP contribution in [0.2, 0.25) is 0 Å². The van der Waals surface area contributed by atoms with Crippen LogP contribution in [0, 0.1) is 11.8 Å². The third kappa shape index (κ3) is 2.61. The fraction of sp³-hybridized carbons (Fsp3) is 0.478. The lowest BCUT2D eigenvalue weighted by molar-refractivity contribution is -0.131. The second-order valence-corrected chi connectivity index (χ2v) is 8.97. The van der Waals surface area contributed by atoms with Crippen molar-refractivity contribution >= 4 is 17.7 Å². The molecule has 2 aromatic rings. The van der Waals surface area contributed by atoms with Gasteiger partial charge in [-0.1, -0.05) is 13.0 Å². The van der Waals surface area contributed by atoms with Crippen molar-refractivity contribution < 1.29 is 19.1 Å². The van der Waals surface area contributed by atoms with Crippen LogP contribution in [0.5, 0.6) is 5.75 Å². The molecule has 0 amide bonds. The Morgan fingerprint density at radius 3 is 2.76 bits per heavy atom. The van der Waals surface area contributed by atoms with Gasteiger partial charge in [0.25, 0.3) is 0 Å². The van der Waals surface area contributed by atoms with E-state index in [-0.39, 0.29) is 29.0 Å². The van der Waals surface area contributed by atoms with Crippen LogP contribution in [0.15, 0.2) is 24.4 Å². The first-order chi connectivity index (χ1) is 13.8. The number of ether oxygens (including phenoxy) is 1. The zero-order chi connectivity index (χ0) is 20.5. The molecule has 3 aliphatic carbocycles. The third-order valence-electron chi connectivity index (χ3n) is 7.33. The quantitative estimate of drug-likeness (QED) is 0.546. The molecule has 1 fully saturated rings. The zero-order valence-corrected chi connectivity index (χ0v) is 16.9. The van der Waals surface area contributed by atoms with Crippen molar-refractivity contribution in [3.63, 3.8) is 0 Å². The monoisotopic (exact) mass is 392 g/mol. The summed E-state index contributed by atoms with van der Waals surface area (Å²) >= 11 is 0. The first-order valence-electron chi connectivity index (χ1n) is 10.2. The van der Waals surface area contributed by atoms with E-state index in [1.165, 1.54) is 18.5 Å². The van der Waals surface area contributed by atoms with Gasteiger partial charge < -0.3 is 4.74 Å². The van der Waals surface area contributed by atoms with Crippen LogP contribution in [0.4, 0.5) is 0 Å². The summed E-state index contributed by atoms with van der Waals surface area (Å²) in [5, 5.41) is 4.62. The van der Waals surface area contributed by atoms with Gasteiger partial charge >= 0.3 is 5.97 Å². The number of ketones is 1. The van der Waals surface area contributed by atoms with Crippen LogP contribution in [0.3, 0.4) is 0 Å². The third-order valence-corrected chi connectivity index (χ3v) is 7.33. The van der Waals surface area contributed by atoms with E-state index in [0.29, 0.717) is 29.6 Å². The van der Waals surface area contributed by atoms with E-state index in [1.807, 2.05) is 12.3 Å². The standard InChI is InChI=1S/C23H24N2O4/c1-12(26)25-11-14-8-20-18-10-21(28)19-9-15(29-13(2)27)4-5-16(19)17(18)6-7-23(20,3)22(14)24-25/h4-5,9,11,17-18,20H,6-8,10H2,1-3H3/t17?,18?,20?,23-/m0/s1. The Hall–Kier alpha value is -2.76. The summed E-state index contributed by atoms with van der Waals surface area (Å²) in [6, 6.07) is 5.49. The first kappa shape index (κ1) is 18.3. The second-order valence-electron chi connectivity index (χ2n) is 8.97. The molecule has 1 heterocycles. The van der Waals surface area contributed by atoms with Gasteiger partial charge in [-0.2, -0.15) is 5.10 Å². The highest BCUT2D eigenvalue weighted by Gasteiger charge is 2.55. The first-order valence-corrected chi connectivity index (χ1v) is 10.2. The van der Waals surface area contributed by atoms with Gasteiger partial charge in [-0.15, -0.1) is 0 Å². The molecule has 29 heavy (non-hydrogen) atoms. The number of hydrogen-bond donors (Lipinski definition) is 0. The number of rotatable bonds is 1. The Morgan fingerprint density at radius 1 is 1.24 bits per heavy atom. The van der Waals surface area contributed by atoms with Crippen LogP contribution < -0.4 is 4.74 Å². The summed E-state index contributed by atoms with van der Waals surface area (Å²) in [5.74, 6) is 1.06. The van der Waals surface area contributed by atoms with E-state index in [2.05, 4.69) is 12.0 Å². The van der Waals surface area contributed by atoms with Crippen LogP contribution in [-0.4, -0.2) is 27.4 Å². The minimum atomic E-state index is -0.384. The fourth-order valence-electron chi connectivity index (χ4n) is 6.04. The van der Waals surface area contributed by atoms with Gasteiger partial charge in [0.2, 0.25) is 5.91 Å². The summed E-state index contributed by atoms with van der Waals surface area (Å²) in [6.07, 6.45) is 5.23. The molecule has 6 nitrogen and oxygen atoms in total. The Morgan fingerprint density at radius 2 is 2.03 bits per heavy atom. The van der Waals surface area contributed by atoms with Crippen molar-refractivity contribution in [2.24, 2.45) is 11.8 Å². The molecule has 1 aromatic carbocycles. The maximum absolute atomic E-state index is 13.0. The summed E-state index contributed by atoms with van der Waals surface area (Å²) in [7, 11) is 0. The number of carbonyl (C=O) groups is 3. The molecule has 0 bridgehead atoms. The van der Waals surface area contributed by atoms with E-state index < -0.39 is 0 Å². The van der Waals surface area contributed by atoms with E-state index >= 15 is 0 Å². The molecule has 150 valence electrons. The van der Waals surface area contributed by atoms with Crippen LogP contribution in [0.25, 0.3) is 0 Å². The highest BCUT2D eigenvalue weighted by Crippen LogP contribution is 2.59. The van der Waals surface area contributed by atoms with E-state index in [4.69, 9.17) is 4.74 Å². The normalized spacial score (nSPS) is 29.5. The van der Waals surface area contributed by atoms with Gasteiger partial charge in [0, 0.05) is 37.4 Å². The smallest absolute Gasteiger partial charge is 0.308 e. The number of fused-ring (bicyclic) bond motifs is 7. The van der Waals surface area contributed by atoms with Crippen molar-refractivity contribution in [2.75, 3.05) is 0 Å². The number of aromatic nitrogens is 2. The summed E-state index contributed by atoms with van der Waals surface area (Å²) in [5.41, 5.74) is 3.89. The van der Waals surface area contributed by atoms with Gasteiger partial charge in [0.1, 0.15) is 5.75 Å². The molecular formula is C23H24N2O4. The number of benzene rings is 1. The van der Waals surface area contributed by atoms with Crippen molar-refractivity contribution in [3.8, 4) is 5.75 Å². The average molecular weight is 392 g/mol. The Balaban J connectivity index is 1.50. The second kappa shape index (κ2) is 6.12. The van der Waals surface area contributed by atoms with Crippen molar-refractivity contribution in [1.29, 1.82) is 0 Å². The molecule has 5 rings (SSSR count). The topological polar surface area (TPSA) is 78.3 Å². The molecule has 3 unspecified atom stereocenters. The molecule has 0 spiro atoms. The van der Waals surface area contributed by atoms with Gasteiger partial charge in [0.15, 0.2) is 5.78 Å². The highest BCUT2D eigenvalue weighted by molar-refractivity contribution is 5.99. The van der Waals surface area contributed by atoms with Crippen molar-refractivity contribution in [3.05, 3.63) is 46.8 Å². The Bertz CT molecular complexity index is 1070. The van der Waals surface area contributed by atoms with Crippen molar-refractivity contribution in [1.82, 2.24) is 9.78 Å². The molecule has 0 aliphatic heterocycles. The lowest BCUT2D eigenvalue weighted by Crippen LogP contribution is -2.44. The summed E-state index contributed by atoms with van der Waals surface area (Å²) < 4.78 is 6.64. The fourth-order valence-corrected chi connectivity index (χ4v) is 6.04.